The number of aromatic nitrogens is 2. The second-order valence-electron chi connectivity index (χ2n) is 12.1. The first-order chi connectivity index (χ1) is 18.3. The van der Waals surface area contributed by atoms with Gasteiger partial charge in [0.05, 0.1) is 12.2 Å². The van der Waals surface area contributed by atoms with Gasteiger partial charge >= 0.3 is 7.82 Å². The minimum absolute atomic E-state index is 0.0158. The largest absolute Gasteiger partial charge is 0.530 e. The molecule has 40 heavy (non-hydrogen) atoms. The number of nitrogens with zero attached hydrogens (tertiary/aromatic N) is 1. The van der Waals surface area contributed by atoms with E-state index >= 15 is 8.78 Å². The molecule has 2 aliphatic heterocycles. The number of aryl methyl sites for hydroxylation is 1. The van der Waals surface area contributed by atoms with Crippen molar-refractivity contribution in [2.24, 2.45) is 0 Å². The lowest BCUT2D eigenvalue weighted by Crippen LogP contribution is -2.43. The number of aromatic amines is 1. The molecule has 14 heteroatoms. The monoisotopic (exact) mass is 604 g/mol. The van der Waals surface area contributed by atoms with Crippen molar-refractivity contribution in [3.05, 3.63) is 55.5 Å². The Labute approximate surface area is 235 Å². The number of ether oxygens (including phenoxy) is 1. The van der Waals surface area contributed by atoms with Gasteiger partial charge in [-0.15, -0.1) is 0 Å². The highest BCUT2D eigenvalue weighted by Gasteiger charge is 2.57. The summed E-state index contributed by atoms with van der Waals surface area (Å²) in [7, 11) is -4.53. The van der Waals surface area contributed by atoms with Crippen molar-refractivity contribution in [3.63, 3.8) is 0 Å². The third kappa shape index (κ3) is 5.57. The number of rotatable bonds is 5. The molecule has 1 fully saturated rings. The van der Waals surface area contributed by atoms with Crippen LogP contribution in [0.1, 0.15) is 76.9 Å². The molecule has 1 aromatic carbocycles. The van der Waals surface area contributed by atoms with E-state index in [1.807, 2.05) is 41.5 Å². The van der Waals surface area contributed by atoms with Gasteiger partial charge in [-0.05, 0) is 41.1 Å². The Kier molecular flexibility index (Phi) is 8.03. The molecule has 0 radical (unpaired) electrons. The molecule has 3 heterocycles. The summed E-state index contributed by atoms with van der Waals surface area (Å²) in [6, 6.07) is 1.66. The summed E-state index contributed by atoms with van der Waals surface area (Å²) in [6.07, 6.45) is -3.91. The van der Waals surface area contributed by atoms with Gasteiger partial charge < -0.3 is 19.5 Å². The topological polar surface area (TPSA) is 132 Å². The molecule has 5 atom stereocenters. The highest BCUT2D eigenvalue weighted by Crippen LogP contribution is 2.58. The van der Waals surface area contributed by atoms with E-state index in [1.54, 1.807) is 13.0 Å². The number of fused-ring (bicyclic) bond motifs is 1. The van der Waals surface area contributed by atoms with Crippen molar-refractivity contribution < 1.29 is 41.9 Å². The molecular weight excluding hydrogens is 569 g/mol. The number of phosphoric acid groups is 1. The number of alkyl halides is 1. The fourth-order valence-electron chi connectivity index (χ4n) is 4.61. The number of hydrogen-bond acceptors (Lipinski definition) is 9. The van der Waals surface area contributed by atoms with E-state index in [-0.39, 0.29) is 21.6 Å². The van der Waals surface area contributed by atoms with Gasteiger partial charge in [-0.3, -0.25) is 23.4 Å². The first kappa shape index (κ1) is 31.0. The van der Waals surface area contributed by atoms with Crippen molar-refractivity contribution >= 4 is 20.0 Å². The molecular formula is C26H35F2N2O8PS. The Hall–Kier alpha value is -1.99. The van der Waals surface area contributed by atoms with E-state index in [4.69, 9.17) is 30.5 Å². The Morgan fingerprint density at radius 1 is 1.23 bits per heavy atom. The maximum absolute atomic E-state index is 15.9. The molecule has 0 amide bonds. The average molecular weight is 605 g/mol. The number of H-pyrrole nitrogens is 1. The number of aliphatic hydroxyl groups excluding tert-OH is 2. The fourth-order valence-corrected chi connectivity index (χ4v) is 6.09. The normalized spacial score (nSPS) is 28.8. The van der Waals surface area contributed by atoms with Crippen molar-refractivity contribution in [2.45, 2.75) is 96.6 Å². The van der Waals surface area contributed by atoms with Crippen LogP contribution in [0.5, 0.6) is 5.75 Å². The van der Waals surface area contributed by atoms with Crippen LogP contribution in [-0.2, 0) is 42.2 Å². The molecule has 2 aliphatic rings. The lowest BCUT2D eigenvalue weighted by atomic mass is 9.78. The van der Waals surface area contributed by atoms with Crippen molar-refractivity contribution in [1.82, 2.24) is 9.55 Å². The van der Waals surface area contributed by atoms with E-state index in [0.717, 1.165) is 4.57 Å². The zero-order valence-corrected chi connectivity index (χ0v) is 25.1. The van der Waals surface area contributed by atoms with Crippen LogP contribution in [0.4, 0.5) is 8.78 Å². The molecule has 3 N–H and O–H groups in total. The number of aliphatic hydroxyl groups is 2. The molecule has 1 aromatic heterocycles. The van der Waals surface area contributed by atoms with E-state index in [0.29, 0.717) is 17.5 Å². The first-order valence-corrected chi connectivity index (χ1v) is 14.7. The fraction of sp³-hybridized carbons (Fsp3) is 0.615. The van der Waals surface area contributed by atoms with Crippen LogP contribution < -0.4 is 10.1 Å². The van der Waals surface area contributed by atoms with Crippen molar-refractivity contribution in [2.75, 3.05) is 6.61 Å². The zero-order chi connectivity index (χ0) is 30.0. The van der Waals surface area contributed by atoms with Crippen LogP contribution in [0.25, 0.3) is 0 Å². The summed E-state index contributed by atoms with van der Waals surface area (Å²) in [5.74, 6) is -3.65. The molecule has 0 aliphatic carbocycles. The van der Waals surface area contributed by atoms with E-state index in [1.165, 1.54) is 6.20 Å². The molecule has 1 unspecified atom stereocenters. The number of benzene rings is 1. The highest BCUT2D eigenvalue weighted by molar-refractivity contribution is 7.71. The Morgan fingerprint density at radius 2 is 1.85 bits per heavy atom. The third-order valence-electron chi connectivity index (χ3n) is 6.99. The maximum Gasteiger partial charge on any atom is 0.530 e. The SMILES string of the molecule is CCc1cn([C@@H]2O[C@](F)(COP3(=O)OCc4c(F)c(C(C)(C)C)cc(C(C)(C)C)c4O3)[C@@H](O)[C@H]2O)c(=S)[nH]c1=O. The minimum atomic E-state index is -4.53. The smallest absolute Gasteiger partial charge is 0.403 e. The predicted octanol–water partition coefficient (Wildman–Crippen LogP) is 4.85. The maximum atomic E-state index is 15.9. The van der Waals surface area contributed by atoms with Crippen LogP contribution in [0.3, 0.4) is 0 Å². The summed E-state index contributed by atoms with van der Waals surface area (Å²) >= 11 is 5.12. The summed E-state index contributed by atoms with van der Waals surface area (Å²) < 4.78 is 67.2. The molecule has 0 spiro atoms. The number of hydrogen-bond donors (Lipinski definition) is 3. The Bertz CT molecular complexity index is 1480. The van der Waals surface area contributed by atoms with Gasteiger partial charge in [0, 0.05) is 17.3 Å². The Balaban J connectivity index is 1.61. The average Bonchev–Trinajstić information content (AvgIpc) is 3.06. The summed E-state index contributed by atoms with van der Waals surface area (Å²) in [5, 5.41) is 21.1. The molecule has 10 nitrogen and oxygen atoms in total. The van der Waals surface area contributed by atoms with Gasteiger partial charge in [-0.25, -0.2) is 13.3 Å². The van der Waals surface area contributed by atoms with Gasteiger partial charge in [-0.2, -0.15) is 0 Å². The zero-order valence-electron chi connectivity index (χ0n) is 23.4. The lowest BCUT2D eigenvalue weighted by Gasteiger charge is -2.34. The number of phosphoric ester groups is 1. The van der Waals surface area contributed by atoms with Crippen LogP contribution >= 0.6 is 20.0 Å². The molecule has 2 aromatic rings. The van der Waals surface area contributed by atoms with Gasteiger partial charge in [0.25, 0.3) is 11.4 Å². The van der Waals surface area contributed by atoms with Gasteiger partial charge in [0.1, 0.15) is 30.4 Å². The predicted molar refractivity (Wildman–Crippen MR) is 144 cm³/mol. The van der Waals surface area contributed by atoms with Gasteiger partial charge in [0.15, 0.2) is 11.0 Å². The molecule has 222 valence electrons. The van der Waals surface area contributed by atoms with Crippen LogP contribution in [0, 0.1) is 10.6 Å². The molecule has 4 rings (SSSR count). The number of nitrogens with one attached hydrogen (secondary N) is 1. The summed E-state index contributed by atoms with van der Waals surface area (Å²) in [4.78, 5) is 14.4. The van der Waals surface area contributed by atoms with E-state index in [9.17, 15) is 19.6 Å². The Morgan fingerprint density at radius 3 is 2.42 bits per heavy atom. The standard InChI is InChI=1S/C26H35F2N2O8PS/c1-8-13-10-30(23(40)29-21(13)33)22-18(31)20(32)26(28,37-22)12-36-39(34)35-11-14-17(27)15(24(2,3)4)9-16(19(14)38-39)25(5,6)7/h9-10,18,20,22,31-32H,8,11-12H2,1-7H3,(H,29,33,40)/t18-,20+,22-,26-,39?/m1/s1. The van der Waals surface area contributed by atoms with Crippen LogP contribution in [0.15, 0.2) is 17.1 Å². The van der Waals surface area contributed by atoms with Crippen molar-refractivity contribution in [1.29, 1.82) is 0 Å². The quantitative estimate of drug-likeness (QED) is 0.324. The van der Waals surface area contributed by atoms with Crippen LogP contribution in [0.2, 0.25) is 0 Å². The van der Waals surface area contributed by atoms with E-state index in [2.05, 4.69) is 4.98 Å². The van der Waals surface area contributed by atoms with Gasteiger partial charge in [-0.1, -0.05) is 48.5 Å². The number of halogens is 2. The molecule has 1 saturated heterocycles. The van der Waals surface area contributed by atoms with Gasteiger partial charge in [0.2, 0.25) is 0 Å². The minimum Gasteiger partial charge on any atom is -0.403 e. The second kappa shape index (κ2) is 10.4. The first-order valence-electron chi connectivity index (χ1n) is 12.8. The van der Waals surface area contributed by atoms with Crippen molar-refractivity contribution in [3.8, 4) is 5.75 Å². The van der Waals surface area contributed by atoms with E-state index < -0.39 is 67.5 Å². The highest BCUT2D eigenvalue weighted by atomic mass is 32.1. The third-order valence-corrected chi connectivity index (χ3v) is 8.59. The second-order valence-corrected chi connectivity index (χ2v) is 14.1. The summed E-state index contributed by atoms with van der Waals surface area (Å²) in [6.45, 7) is 11.3. The van der Waals surface area contributed by atoms with Crippen LogP contribution in [-0.4, -0.2) is 44.4 Å². The lowest BCUT2D eigenvalue weighted by molar-refractivity contribution is -0.205. The summed E-state index contributed by atoms with van der Waals surface area (Å²) in [5.41, 5.74) is -0.212. The molecule has 0 bridgehead atoms. The molecule has 0 saturated carbocycles.